The first-order chi connectivity index (χ1) is 14.2. The SMILES string of the molecule is COc1ccc(C)cc1NC(=O)c1cccc(S(=O)(=O)N(C)c2ccccc2F)c1. The molecule has 0 aliphatic rings. The van der Waals surface area contributed by atoms with Crippen LogP contribution in [0, 0.1) is 12.7 Å². The van der Waals surface area contributed by atoms with Gasteiger partial charge in [-0.1, -0.05) is 24.3 Å². The van der Waals surface area contributed by atoms with Crippen LogP contribution in [0.4, 0.5) is 15.8 Å². The summed E-state index contributed by atoms with van der Waals surface area (Å²) in [5, 5.41) is 2.73. The molecular weight excluding hydrogens is 407 g/mol. The topological polar surface area (TPSA) is 75.7 Å². The molecule has 0 radical (unpaired) electrons. The molecule has 3 aromatic carbocycles. The average Bonchev–Trinajstić information content (AvgIpc) is 2.74. The number of para-hydroxylation sites is 1. The lowest BCUT2D eigenvalue weighted by atomic mass is 10.1. The summed E-state index contributed by atoms with van der Waals surface area (Å²) < 4.78 is 46.1. The zero-order valence-corrected chi connectivity index (χ0v) is 17.5. The van der Waals surface area contributed by atoms with Crippen LogP contribution in [-0.4, -0.2) is 28.5 Å². The average molecular weight is 428 g/mol. The number of nitrogens with zero attached hydrogens (tertiary/aromatic N) is 1. The molecule has 0 saturated carbocycles. The van der Waals surface area contributed by atoms with Crippen molar-refractivity contribution < 1.29 is 22.3 Å². The predicted octanol–water partition coefficient (Wildman–Crippen LogP) is 4.22. The van der Waals surface area contributed by atoms with Gasteiger partial charge in [-0.3, -0.25) is 9.10 Å². The van der Waals surface area contributed by atoms with E-state index < -0.39 is 21.7 Å². The molecule has 0 fully saturated rings. The lowest BCUT2D eigenvalue weighted by molar-refractivity contribution is 0.102. The number of ether oxygens (including phenoxy) is 1. The molecule has 0 saturated heterocycles. The second-order valence-corrected chi connectivity index (χ2v) is 8.58. The van der Waals surface area contributed by atoms with Gasteiger partial charge in [0.25, 0.3) is 15.9 Å². The third-order valence-corrected chi connectivity index (χ3v) is 6.32. The van der Waals surface area contributed by atoms with Gasteiger partial charge in [0.1, 0.15) is 11.6 Å². The number of sulfonamides is 1. The number of aryl methyl sites for hydroxylation is 1. The Balaban J connectivity index is 1.91. The van der Waals surface area contributed by atoms with Crippen molar-refractivity contribution in [3.63, 3.8) is 0 Å². The second-order valence-electron chi connectivity index (χ2n) is 6.61. The largest absolute Gasteiger partial charge is 0.495 e. The van der Waals surface area contributed by atoms with Crippen molar-refractivity contribution in [1.29, 1.82) is 0 Å². The van der Waals surface area contributed by atoms with Crippen molar-refractivity contribution in [2.75, 3.05) is 23.8 Å². The molecule has 3 rings (SSSR count). The third kappa shape index (κ3) is 4.28. The number of carbonyl (C=O) groups excluding carboxylic acids is 1. The van der Waals surface area contributed by atoms with E-state index in [9.17, 15) is 17.6 Å². The number of methoxy groups -OCH3 is 1. The number of anilines is 2. The van der Waals surface area contributed by atoms with Crippen LogP contribution >= 0.6 is 0 Å². The molecule has 156 valence electrons. The van der Waals surface area contributed by atoms with E-state index in [1.165, 1.54) is 56.6 Å². The van der Waals surface area contributed by atoms with E-state index in [1.807, 2.05) is 13.0 Å². The zero-order valence-electron chi connectivity index (χ0n) is 16.7. The van der Waals surface area contributed by atoms with E-state index in [2.05, 4.69) is 5.32 Å². The van der Waals surface area contributed by atoms with Gasteiger partial charge in [-0.2, -0.15) is 0 Å². The highest BCUT2D eigenvalue weighted by Crippen LogP contribution is 2.27. The first kappa shape index (κ1) is 21.3. The molecule has 0 aromatic heterocycles. The maximum Gasteiger partial charge on any atom is 0.264 e. The number of nitrogens with one attached hydrogen (secondary N) is 1. The molecule has 0 aliphatic carbocycles. The quantitative estimate of drug-likeness (QED) is 0.638. The van der Waals surface area contributed by atoms with Gasteiger partial charge in [-0.25, -0.2) is 12.8 Å². The molecule has 0 heterocycles. The fraction of sp³-hybridized carbons (Fsp3) is 0.136. The molecule has 1 N–H and O–H groups in total. The fourth-order valence-corrected chi connectivity index (χ4v) is 4.16. The molecule has 1 amide bonds. The van der Waals surface area contributed by atoms with Crippen LogP contribution in [0.15, 0.2) is 71.6 Å². The van der Waals surface area contributed by atoms with Gasteiger partial charge in [-0.15, -0.1) is 0 Å². The predicted molar refractivity (Wildman–Crippen MR) is 114 cm³/mol. The molecule has 30 heavy (non-hydrogen) atoms. The van der Waals surface area contributed by atoms with Crippen LogP contribution in [0.1, 0.15) is 15.9 Å². The van der Waals surface area contributed by atoms with Crippen molar-refractivity contribution in [1.82, 2.24) is 0 Å². The van der Waals surface area contributed by atoms with Crippen molar-refractivity contribution in [3.8, 4) is 5.75 Å². The summed E-state index contributed by atoms with van der Waals surface area (Å²) in [6.45, 7) is 1.88. The highest BCUT2D eigenvalue weighted by molar-refractivity contribution is 7.92. The summed E-state index contributed by atoms with van der Waals surface area (Å²) in [6.07, 6.45) is 0. The van der Waals surface area contributed by atoms with Crippen LogP contribution in [0.3, 0.4) is 0 Å². The van der Waals surface area contributed by atoms with E-state index in [-0.39, 0.29) is 16.1 Å². The molecule has 6 nitrogen and oxygen atoms in total. The lowest BCUT2D eigenvalue weighted by Crippen LogP contribution is -2.27. The Labute approximate surface area is 175 Å². The first-order valence-electron chi connectivity index (χ1n) is 9.03. The van der Waals surface area contributed by atoms with Gasteiger partial charge in [0.05, 0.1) is 23.4 Å². The van der Waals surface area contributed by atoms with Gasteiger partial charge in [0.15, 0.2) is 0 Å². The minimum Gasteiger partial charge on any atom is -0.495 e. The smallest absolute Gasteiger partial charge is 0.264 e. The Hall–Kier alpha value is -3.39. The molecule has 3 aromatic rings. The Morgan fingerprint density at radius 3 is 2.47 bits per heavy atom. The van der Waals surface area contributed by atoms with E-state index in [1.54, 1.807) is 18.2 Å². The molecule has 8 heteroatoms. The number of amides is 1. The van der Waals surface area contributed by atoms with Gasteiger partial charge in [0.2, 0.25) is 0 Å². The van der Waals surface area contributed by atoms with Crippen LogP contribution in [0.2, 0.25) is 0 Å². The number of carbonyl (C=O) groups is 1. The second kappa shape index (κ2) is 8.54. The van der Waals surface area contributed by atoms with E-state index >= 15 is 0 Å². The Bertz CT molecular complexity index is 1200. The summed E-state index contributed by atoms with van der Waals surface area (Å²) >= 11 is 0. The summed E-state index contributed by atoms with van der Waals surface area (Å²) in [4.78, 5) is 12.6. The van der Waals surface area contributed by atoms with Crippen molar-refractivity contribution >= 4 is 27.3 Å². The normalized spacial score (nSPS) is 11.1. The van der Waals surface area contributed by atoms with Gasteiger partial charge < -0.3 is 10.1 Å². The highest BCUT2D eigenvalue weighted by atomic mass is 32.2. The summed E-state index contributed by atoms with van der Waals surface area (Å²) in [5.41, 5.74) is 1.45. The monoisotopic (exact) mass is 428 g/mol. The van der Waals surface area contributed by atoms with Gasteiger partial charge in [-0.05, 0) is 55.0 Å². The van der Waals surface area contributed by atoms with Crippen LogP contribution in [-0.2, 0) is 10.0 Å². The minimum absolute atomic E-state index is 0.0862. The maximum atomic E-state index is 14.1. The van der Waals surface area contributed by atoms with E-state index in [4.69, 9.17) is 4.74 Å². The fourth-order valence-electron chi connectivity index (χ4n) is 2.91. The Morgan fingerprint density at radius 1 is 1.03 bits per heavy atom. The number of hydrogen-bond acceptors (Lipinski definition) is 4. The van der Waals surface area contributed by atoms with Gasteiger partial charge >= 0.3 is 0 Å². The summed E-state index contributed by atoms with van der Waals surface area (Å²) in [7, 11) is -1.32. The first-order valence-corrected chi connectivity index (χ1v) is 10.5. The maximum absolute atomic E-state index is 14.1. The van der Waals surface area contributed by atoms with Crippen LogP contribution in [0.25, 0.3) is 0 Å². The van der Waals surface area contributed by atoms with Crippen LogP contribution in [0.5, 0.6) is 5.75 Å². The number of rotatable bonds is 6. The van der Waals surface area contributed by atoms with E-state index in [0.29, 0.717) is 11.4 Å². The molecule has 0 atom stereocenters. The molecular formula is C22H21FN2O4S. The lowest BCUT2D eigenvalue weighted by Gasteiger charge is -2.20. The summed E-state index contributed by atoms with van der Waals surface area (Å²) in [6, 6.07) is 16.5. The Kier molecular flexibility index (Phi) is 6.07. The van der Waals surface area contributed by atoms with Crippen molar-refractivity contribution in [2.45, 2.75) is 11.8 Å². The number of hydrogen-bond donors (Lipinski definition) is 1. The molecule has 0 aliphatic heterocycles. The highest BCUT2D eigenvalue weighted by Gasteiger charge is 2.24. The van der Waals surface area contributed by atoms with Crippen LogP contribution < -0.4 is 14.4 Å². The van der Waals surface area contributed by atoms with Gasteiger partial charge in [0, 0.05) is 12.6 Å². The zero-order chi connectivity index (χ0) is 21.9. The molecule has 0 spiro atoms. The molecule has 0 unspecified atom stereocenters. The Morgan fingerprint density at radius 2 is 1.77 bits per heavy atom. The summed E-state index contributed by atoms with van der Waals surface area (Å²) in [5.74, 6) is -0.675. The van der Waals surface area contributed by atoms with Crippen molar-refractivity contribution in [3.05, 3.63) is 83.7 Å². The standard InChI is InChI=1S/C22H21FN2O4S/c1-15-11-12-21(29-3)19(13-15)24-22(26)16-7-6-8-17(14-16)30(27,28)25(2)20-10-5-4-9-18(20)23/h4-14H,1-3H3,(H,24,26). The molecule has 0 bridgehead atoms. The minimum atomic E-state index is -4.07. The number of halogens is 1. The number of benzene rings is 3. The van der Waals surface area contributed by atoms with E-state index in [0.717, 1.165) is 9.87 Å². The van der Waals surface area contributed by atoms with Crippen molar-refractivity contribution in [2.24, 2.45) is 0 Å². The third-order valence-electron chi connectivity index (χ3n) is 4.55.